The number of aromatic nitrogens is 5. The van der Waals surface area contributed by atoms with Crippen LogP contribution in [0.1, 0.15) is 18.3 Å². The highest BCUT2D eigenvalue weighted by molar-refractivity contribution is 5.84. The second-order valence-electron chi connectivity index (χ2n) is 8.34. The third-order valence-electron chi connectivity index (χ3n) is 5.89. The van der Waals surface area contributed by atoms with Crippen LogP contribution in [0.25, 0.3) is 17.0 Å². The molecule has 0 bridgehead atoms. The highest BCUT2D eigenvalue weighted by Crippen LogP contribution is 2.33. The molecule has 36 heavy (non-hydrogen) atoms. The highest BCUT2D eigenvalue weighted by Gasteiger charge is 2.25. The number of hydrogen-bond donors (Lipinski definition) is 3. The number of piperazine rings is 1. The van der Waals surface area contributed by atoms with Crippen molar-refractivity contribution in [3.8, 4) is 11.8 Å². The second kappa shape index (κ2) is 9.29. The van der Waals surface area contributed by atoms with Crippen LogP contribution >= 0.6 is 0 Å². The Balaban J connectivity index is 1.51. The van der Waals surface area contributed by atoms with Crippen LogP contribution in [0.2, 0.25) is 0 Å². The number of likely N-dealkylation sites (N-methyl/N-ethyl adjacent to an activating group) is 1. The van der Waals surface area contributed by atoms with E-state index < -0.39 is 11.6 Å². The number of aromatic amines is 2. The molecule has 1 saturated heterocycles. The van der Waals surface area contributed by atoms with Gasteiger partial charge < -0.3 is 24.8 Å². The van der Waals surface area contributed by atoms with Crippen LogP contribution in [-0.2, 0) is 4.79 Å². The predicted octanol–water partition coefficient (Wildman–Crippen LogP) is 4.12. The first kappa shape index (κ1) is 23.3. The molecule has 3 aromatic heterocycles. The minimum Gasteiger partial charge on any atom is -0.421 e. The third kappa shape index (κ3) is 4.44. The smallest absolute Gasteiger partial charge is 0.326 e. The van der Waals surface area contributed by atoms with E-state index in [9.17, 15) is 9.18 Å². The van der Waals surface area contributed by atoms with Crippen molar-refractivity contribution in [1.82, 2.24) is 30.0 Å². The largest absolute Gasteiger partial charge is 0.421 e. The van der Waals surface area contributed by atoms with E-state index in [0.29, 0.717) is 48.5 Å². The molecule has 4 heterocycles. The van der Waals surface area contributed by atoms with Crippen LogP contribution in [0, 0.1) is 18.6 Å². The fraction of sp³-hybridized carbons (Fsp3) is 0.250. The fourth-order valence-electron chi connectivity index (χ4n) is 4.07. The topological polar surface area (TPSA) is 115 Å². The maximum absolute atomic E-state index is 15.2. The molecule has 0 saturated carbocycles. The van der Waals surface area contributed by atoms with Gasteiger partial charge in [0.15, 0.2) is 23.2 Å². The van der Waals surface area contributed by atoms with E-state index in [0.717, 1.165) is 6.07 Å². The Hall–Kier alpha value is -4.48. The van der Waals surface area contributed by atoms with Gasteiger partial charge >= 0.3 is 6.01 Å². The number of benzene rings is 1. The van der Waals surface area contributed by atoms with E-state index in [1.165, 1.54) is 6.07 Å². The van der Waals surface area contributed by atoms with Crippen molar-refractivity contribution >= 4 is 40.3 Å². The Kier molecular flexibility index (Phi) is 6.00. The molecule has 1 amide bonds. The average Bonchev–Trinajstić information content (AvgIpc) is 3.48. The third-order valence-corrected chi connectivity index (χ3v) is 5.89. The van der Waals surface area contributed by atoms with Gasteiger partial charge in [-0.15, -0.1) is 0 Å². The van der Waals surface area contributed by atoms with Gasteiger partial charge in [-0.05, 0) is 26.0 Å². The summed E-state index contributed by atoms with van der Waals surface area (Å²) >= 11 is 0. The molecule has 3 N–H and O–H groups in total. The minimum atomic E-state index is -0.742. The monoisotopic (exact) mass is 494 g/mol. The number of amides is 1. The first-order valence-electron chi connectivity index (χ1n) is 11.4. The van der Waals surface area contributed by atoms with Gasteiger partial charge in [-0.3, -0.25) is 9.89 Å². The number of rotatable bonds is 7. The number of H-pyrrole nitrogens is 2. The molecule has 0 radical (unpaired) electrons. The van der Waals surface area contributed by atoms with Crippen LogP contribution in [0.5, 0.6) is 11.8 Å². The normalized spacial score (nSPS) is 13.9. The zero-order chi connectivity index (χ0) is 25.4. The molecular weight excluding hydrogens is 470 g/mol. The molecule has 4 aromatic rings. The van der Waals surface area contributed by atoms with E-state index in [1.807, 2.05) is 6.92 Å². The number of fused-ring (bicyclic) bond motifs is 1. The zero-order valence-electron chi connectivity index (χ0n) is 19.7. The zero-order valence-corrected chi connectivity index (χ0v) is 19.7. The molecule has 5 rings (SSSR count). The van der Waals surface area contributed by atoms with Crippen molar-refractivity contribution in [1.29, 1.82) is 0 Å². The minimum absolute atomic E-state index is 0.0383. The van der Waals surface area contributed by atoms with Crippen LogP contribution in [0.3, 0.4) is 0 Å². The van der Waals surface area contributed by atoms with Crippen molar-refractivity contribution < 1.29 is 18.3 Å². The number of ether oxygens (including phenoxy) is 1. The number of aryl methyl sites for hydroxylation is 1. The predicted molar refractivity (Wildman–Crippen MR) is 131 cm³/mol. The van der Waals surface area contributed by atoms with Crippen LogP contribution < -0.4 is 15.0 Å². The van der Waals surface area contributed by atoms with E-state index in [2.05, 4.69) is 37.0 Å². The lowest BCUT2D eigenvalue weighted by Gasteiger charge is -2.34. The van der Waals surface area contributed by atoms with Crippen LogP contribution in [0.4, 0.5) is 26.2 Å². The average molecular weight is 495 g/mol. The molecule has 0 aliphatic carbocycles. The maximum atomic E-state index is 15.2. The summed E-state index contributed by atoms with van der Waals surface area (Å²) in [4.78, 5) is 27.5. The molecule has 1 aromatic carbocycles. The van der Waals surface area contributed by atoms with E-state index in [-0.39, 0.29) is 35.1 Å². The fourth-order valence-corrected chi connectivity index (χ4v) is 4.07. The first-order chi connectivity index (χ1) is 17.3. The summed E-state index contributed by atoms with van der Waals surface area (Å²) in [5.74, 6) is -0.666. The Morgan fingerprint density at radius 1 is 1.19 bits per heavy atom. The molecule has 12 heteroatoms. The lowest BCUT2D eigenvalue weighted by atomic mass is 10.2. The summed E-state index contributed by atoms with van der Waals surface area (Å²) in [6, 6.07) is 5.59. The number of carbonyl (C=O) groups excluding carboxylic acids is 1. The first-order valence-corrected chi connectivity index (χ1v) is 11.4. The number of carbonyl (C=O) groups is 1. The summed E-state index contributed by atoms with van der Waals surface area (Å²) in [6.45, 7) is 9.12. The molecule has 1 aliphatic rings. The lowest BCUT2D eigenvalue weighted by molar-refractivity contribution is -0.130. The van der Waals surface area contributed by atoms with Gasteiger partial charge in [0.2, 0.25) is 5.91 Å². The summed E-state index contributed by atoms with van der Waals surface area (Å²) in [7, 11) is 0. The summed E-state index contributed by atoms with van der Waals surface area (Å²) in [6.07, 6.45) is 1.60. The number of halogens is 2. The van der Waals surface area contributed by atoms with Gasteiger partial charge in [-0.25, -0.2) is 8.78 Å². The van der Waals surface area contributed by atoms with Crippen LogP contribution in [-0.4, -0.2) is 62.1 Å². The Bertz CT molecular complexity index is 1460. The molecule has 10 nitrogen and oxygen atoms in total. The van der Waals surface area contributed by atoms with E-state index in [4.69, 9.17) is 4.74 Å². The number of anilines is 3. The molecule has 1 fully saturated rings. The maximum Gasteiger partial charge on any atom is 0.326 e. The van der Waals surface area contributed by atoms with Crippen LogP contribution in [0.15, 0.2) is 30.8 Å². The number of hydrogen-bond acceptors (Lipinski definition) is 7. The molecule has 0 spiro atoms. The molecular formula is C24H24F2N8O2. The van der Waals surface area contributed by atoms with Gasteiger partial charge in [-0.1, -0.05) is 6.58 Å². The van der Waals surface area contributed by atoms with Gasteiger partial charge in [0.1, 0.15) is 11.6 Å². The summed E-state index contributed by atoms with van der Waals surface area (Å²) in [5, 5.41) is 10.0. The van der Waals surface area contributed by atoms with E-state index in [1.54, 1.807) is 34.9 Å². The Morgan fingerprint density at radius 3 is 2.75 bits per heavy atom. The molecule has 0 atom stereocenters. The Morgan fingerprint density at radius 2 is 2.03 bits per heavy atom. The molecule has 0 unspecified atom stereocenters. The molecule has 186 valence electrons. The number of nitrogens with one attached hydrogen (secondary N) is 3. The van der Waals surface area contributed by atoms with Crippen molar-refractivity contribution in [2.45, 2.75) is 13.8 Å². The lowest BCUT2D eigenvalue weighted by Crippen LogP contribution is -2.50. The van der Waals surface area contributed by atoms with Crippen molar-refractivity contribution in [2.24, 2.45) is 0 Å². The second-order valence-corrected chi connectivity index (χ2v) is 8.34. The highest BCUT2D eigenvalue weighted by atomic mass is 19.1. The SMILES string of the molecule is C=Cc1cc(Nc2cc(N3CCN(CC)C(=O)C3)nc(Oc3cc(F)c4[nH]c(C)cc4c3F)n2)n[nH]1. The number of nitrogens with zero attached hydrogens (tertiary/aromatic N) is 5. The standard InChI is InChI=1S/C24H24F2N8O2/c1-4-14-9-19(32-31-14)28-18-11-20(34-7-6-33(5-2)21(35)12-34)30-24(29-18)36-17-10-16(25)23-15(22(17)26)8-13(3)27-23/h4,8-11,27H,1,5-7,12H2,2-3H3,(H2,28,29,30,31,32). The Labute approximate surface area is 205 Å². The van der Waals surface area contributed by atoms with Gasteiger partial charge in [-0.2, -0.15) is 15.1 Å². The summed E-state index contributed by atoms with van der Waals surface area (Å²) in [5.41, 5.74) is 1.36. The molecule has 1 aliphatic heterocycles. The van der Waals surface area contributed by atoms with Crippen molar-refractivity contribution in [3.05, 3.63) is 53.9 Å². The van der Waals surface area contributed by atoms with Crippen molar-refractivity contribution in [3.63, 3.8) is 0 Å². The van der Waals surface area contributed by atoms with Gasteiger partial charge in [0.05, 0.1) is 17.8 Å². The van der Waals surface area contributed by atoms with Gasteiger partial charge in [0, 0.05) is 48.9 Å². The quantitative estimate of drug-likeness (QED) is 0.354. The van der Waals surface area contributed by atoms with Gasteiger partial charge in [0.25, 0.3) is 0 Å². The van der Waals surface area contributed by atoms with E-state index >= 15 is 4.39 Å². The van der Waals surface area contributed by atoms with Crippen molar-refractivity contribution in [2.75, 3.05) is 36.4 Å². The summed E-state index contributed by atoms with van der Waals surface area (Å²) < 4.78 is 35.4.